The molecule has 1 atom stereocenters. The Morgan fingerprint density at radius 3 is 2.77 bits per heavy atom. The molecular formula is C19H24ClN3O2S. The summed E-state index contributed by atoms with van der Waals surface area (Å²) in [5.74, 6) is 0.354. The Bertz CT molecular complexity index is 770. The van der Waals surface area contributed by atoms with Crippen molar-refractivity contribution in [2.24, 2.45) is 0 Å². The summed E-state index contributed by atoms with van der Waals surface area (Å²) < 4.78 is 5.15. The first kappa shape index (κ1) is 20.5. The molecule has 0 spiro atoms. The minimum Gasteiger partial charge on any atom is -0.465 e. The van der Waals surface area contributed by atoms with Crippen LogP contribution in [0.25, 0.3) is 0 Å². The number of esters is 1. The zero-order valence-electron chi connectivity index (χ0n) is 15.5. The molecule has 2 rings (SSSR count). The van der Waals surface area contributed by atoms with E-state index in [0.29, 0.717) is 29.2 Å². The first-order valence-corrected chi connectivity index (χ1v) is 9.91. The Balaban J connectivity index is 2.22. The lowest BCUT2D eigenvalue weighted by Gasteiger charge is -2.15. The summed E-state index contributed by atoms with van der Waals surface area (Å²) >= 11 is 7.45. The summed E-state index contributed by atoms with van der Waals surface area (Å²) in [5.41, 5.74) is 3.30. The number of hydrogen-bond acceptors (Lipinski definition) is 6. The summed E-state index contributed by atoms with van der Waals surface area (Å²) in [5, 5.41) is 3.73. The maximum absolute atomic E-state index is 12.1. The van der Waals surface area contributed by atoms with Crippen LogP contribution in [-0.4, -0.2) is 27.8 Å². The van der Waals surface area contributed by atoms with Crippen molar-refractivity contribution in [1.82, 2.24) is 9.97 Å². The van der Waals surface area contributed by atoms with Crippen LogP contribution in [0.15, 0.2) is 29.4 Å². The van der Waals surface area contributed by atoms with E-state index in [1.54, 1.807) is 13.0 Å². The first-order chi connectivity index (χ1) is 12.4. The van der Waals surface area contributed by atoms with Crippen LogP contribution in [0.4, 0.5) is 11.5 Å². The van der Waals surface area contributed by atoms with E-state index in [2.05, 4.69) is 28.3 Å². The Morgan fingerprint density at radius 2 is 2.08 bits per heavy atom. The number of aryl methyl sites for hydroxylation is 1. The van der Waals surface area contributed by atoms with Crippen LogP contribution in [-0.2, 0) is 9.53 Å². The van der Waals surface area contributed by atoms with Crippen molar-refractivity contribution in [1.29, 1.82) is 0 Å². The van der Waals surface area contributed by atoms with Crippen LogP contribution in [0.5, 0.6) is 0 Å². The minimum atomic E-state index is -0.341. The predicted molar refractivity (Wildman–Crippen MR) is 107 cm³/mol. The fraction of sp³-hybridized carbons (Fsp3) is 0.421. The average molecular weight is 394 g/mol. The van der Waals surface area contributed by atoms with Crippen LogP contribution >= 0.6 is 23.4 Å². The third kappa shape index (κ3) is 5.61. The number of anilines is 2. The molecule has 1 aromatic heterocycles. The van der Waals surface area contributed by atoms with E-state index >= 15 is 0 Å². The van der Waals surface area contributed by atoms with Crippen LogP contribution in [0, 0.1) is 13.8 Å². The van der Waals surface area contributed by atoms with E-state index in [9.17, 15) is 4.79 Å². The Hall–Kier alpha value is -1.79. The Morgan fingerprint density at radius 1 is 1.31 bits per heavy atom. The van der Waals surface area contributed by atoms with Gasteiger partial charge in [0, 0.05) is 11.8 Å². The molecule has 0 aliphatic rings. The highest BCUT2D eigenvalue weighted by molar-refractivity contribution is 8.00. The van der Waals surface area contributed by atoms with Crippen LogP contribution < -0.4 is 5.32 Å². The summed E-state index contributed by atoms with van der Waals surface area (Å²) in [6.07, 6.45) is 1.56. The number of halogens is 1. The van der Waals surface area contributed by atoms with Gasteiger partial charge >= 0.3 is 5.97 Å². The van der Waals surface area contributed by atoms with Gasteiger partial charge in [-0.3, -0.25) is 4.79 Å². The second-order valence-electron chi connectivity index (χ2n) is 5.88. The largest absolute Gasteiger partial charge is 0.465 e. The van der Waals surface area contributed by atoms with E-state index in [0.717, 1.165) is 17.7 Å². The zero-order chi connectivity index (χ0) is 19.1. The molecule has 0 bridgehead atoms. The number of nitrogens with one attached hydrogen (secondary N) is 1. The number of rotatable bonds is 8. The second kappa shape index (κ2) is 9.78. The van der Waals surface area contributed by atoms with Gasteiger partial charge < -0.3 is 10.1 Å². The number of benzene rings is 1. The number of carbonyl (C=O) groups excluding carboxylic acids is 1. The number of carbonyl (C=O) groups is 1. The molecule has 5 nitrogen and oxygen atoms in total. The molecule has 1 aromatic carbocycles. The predicted octanol–water partition coefficient (Wildman–Crippen LogP) is 5.31. The van der Waals surface area contributed by atoms with Gasteiger partial charge in [-0.15, -0.1) is 0 Å². The van der Waals surface area contributed by atoms with Crippen molar-refractivity contribution in [2.75, 3.05) is 11.9 Å². The minimum absolute atomic E-state index is 0.244. The highest BCUT2D eigenvalue weighted by atomic mass is 35.5. The van der Waals surface area contributed by atoms with E-state index in [4.69, 9.17) is 16.3 Å². The van der Waals surface area contributed by atoms with E-state index in [-0.39, 0.29) is 11.2 Å². The molecule has 0 saturated carbocycles. The summed E-state index contributed by atoms with van der Waals surface area (Å²) in [7, 11) is 0. The Labute approximate surface area is 163 Å². The molecule has 140 valence electrons. The Kier molecular flexibility index (Phi) is 7.72. The number of aromatic nitrogens is 2. The molecule has 1 heterocycles. The number of hydrogen-bond donors (Lipinski definition) is 1. The molecule has 2 aromatic rings. The molecule has 0 aliphatic carbocycles. The normalized spacial score (nSPS) is 11.9. The monoisotopic (exact) mass is 393 g/mol. The van der Waals surface area contributed by atoms with Gasteiger partial charge in [0.15, 0.2) is 5.16 Å². The SMILES string of the molecule is CCCC(Sc1nc(Cl)cc(Nc2cccc(C)c2C)n1)C(=O)OCC. The lowest BCUT2D eigenvalue weighted by atomic mass is 10.1. The van der Waals surface area contributed by atoms with E-state index in [1.165, 1.54) is 17.3 Å². The van der Waals surface area contributed by atoms with Crippen molar-refractivity contribution in [3.05, 3.63) is 40.5 Å². The van der Waals surface area contributed by atoms with Crippen molar-refractivity contribution in [2.45, 2.75) is 50.9 Å². The fourth-order valence-corrected chi connectivity index (χ4v) is 3.70. The lowest BCUT2D eigenvalue weighted by Crippen LogP contribution is -2.20. The highest BCUT2D eigenvalue weighted by Crippen LogP contribution is 2.29. The first-order valence-electron chi connectivity index (χ1n) is 8.65. The molecular weight excluding hydrogens is 370 g/mol. The molecule has 0 aliphatic heterocycles. The fourth-order valence-electron chi connectivity index (χ4n) is 2.39. The van der Waals surface area contributed by atoms with Gasteiger partial charge in [-0.25, -0.2) is 9.97 Å². The third-order valence-electron chi connectivity index (χ3n) is 3.89. The van der Waals surface area contributed by atoms with Gasteiger partial charge in [-0.1, -0.05) is 48.8 Å². The van der Waals surface area contributed by atoms with Crippen molar-refractivity contribution in [3.63, 3.8) is 0 Å². The smallest absolute Gasteiger partial charge is 0.319 e. The van der Waals surface area contributed by atoms with Crippen LogP contribution in [0.1, 0.15) is 37.8 Å². The molecule has 1 N–H and O–H groups in total. The zero-order valence-corrected chi connectivity index (χ0v) is 17.1. The van der Waals surface area contributed by atoms with Gasteiger partial charge in [0.1, 0.15) is 16.2 Å². The van der Waals surface area contributed by atoms with Crippen molar-refractivity contribution < 1.29 is 9.53 Å². The number of thioether (sulfide) groups is 1. The molecule has 1 unspecified atom stereocenters. The molecule has 0 saturated heterocycles. The quantitative estimate of drug-likeness (QED) is 0.283. The summed E-state index contributed by atoms with van der Waals surface area (Å²) in [4.78, 5) is 20.9. The van der Waals surface area contributed by atoms with Crippen LogP contribution in [0.3, 0.4) is 0 Å². The average Bonchev–Trinajstić information content (AvgIpc) is 2.58. The lowest BCUT2D eigenvalue weighted by molar-refractivity contribution is -0.142. The number of nitrogens with zero attached hydrogens (tertiary/aromatic N) is 2. The third-order valence-corrected chi connectivity index (χ3v) is 5.19. The molecule has 0 fully saturated rings. The number of ether oxygens (including phenoxy) is 1. The standard InChI is InChI=1S/C19H24ClN3O2S/c1-5-8-15(18(24)25-6-2)26-19-22-16(20)11-17(23-19)21-14-10-7-9-12(3)13(14)4/h7,9-11,15H,5-6,8H2,1-4H3,(H,21,22,23). The van der Waals surface area contributed by atoms with Gasteiger partial charge in [0.05, 0.1) is 6.61 Å². The molecule has 0 radical (unpaired) electrons. The maximum Gasteiger partial charge on any atom is 0.319 e. The summed E-state index contributed by atoms with van der Waals surface area (Å²) in [6.45, 7) is 8.29. The van der Waals surface area contributed by atoms with Crippen molar-refractivity contribution >= 4 is 40.8 Å². The topological polar surface area (TPSA) is 64.1 Å². The second-order valence-corrected chi connectivity index (χ2v) is 7.44. The van der Waals surface area contributed by atoms with E-state index < -0.39 is 0 Å². The van der Waals surface area contributed by atoms with Crippen molar-refractivity contribution in [3.8, 4) is 0 Å². The van der Waals surface area contributed by atoms with Crippen LogP contribution in [0.2, 0.25) is 5.15 Å². The van der Waals surface area contributed by atoms with Gasteiger partial charge in [0.25, 0.3) is 0 Å². The highest BCUT2D eigenvalue weighted by Gasteiger charge is 2.22. The molecule has 0 amide bonds. The molecule has 7 heteroatoms. The van der Waals surface area contributed by atoms with Gasteiger partial charge in [0.2, 0.25) is 0 Å². The summed E-state index contributed by atoms with van der Waals surface area (Å²) in [6, 6.07) is 7.71. The molecule has 26 heavy (non-hydrogen) atoms. The van der Waals surface area contributed by atoms with E-state index in [1.807, 2.05) is 26.0 Å². The van der Waals surface area contributed by atoms with Gasteiger partial charge in [-0.05, 0) is 44.4 Å². The van der Waals surface area contributed by atoms with Gasteiger partial charge in [-0.2, -0.15) is 0 Å². The maximum atomic E-state index is 12.1.